The molecule has 31 heavy (non-hydrogen) atoms. The predicted molar refractivity (Wildman–Crippen MR) is 123 cm³/mol. The lowest BCUT2D eigenvalue weighted by atomic mass is 10.0. The van der Waals surface area contributed by atoms with E-state index in [0.29, 0.717) is 60.1 Å². The Morgan fingerprint density at radius 1 is 1.16 bits per heavy atom. The van der Waals surface area contributed by atoms with Crippen molar-refractivity contribution in [3.63, 3.8) is 0 Å². The van der Waals surface area contributed by atoms with Gasteiger partial charge >= 0.3 is 6.09 Å². The van der Waals surface area contributed by atoms with Crippen molar-refractivity contribution in [1.29, 1.82) is 0 Å². The van der Waals surface area contributed by atoms with Gasteiger partial charge < -0.3 is 15.0 Å². The van der Waals surface area contributed by atoms with Crippen LogP contribution in [0.3, 0.4) is 0 Å². The van der Waals surface area contributed by atoms with E-state index in [9.17, 15) is 14.4 Å². The quantitative estimate of drug-likeness (QED) is 0.681. The normalized spacial score (nSPS) is 21.6. The van der Waals surface area contributed by atoms with Crippen molar-refractivity contribution in [2.75, 3.05) is 36.0 Å². The first kappa shape index (κ1) is 21.5. The van der Waals surface area contributed by atoms with Gasteiger partial charge in [0.15, 0.2) is 0 Å². The standard InChI is InChI=1S/C22H22ClN3O4S/c23-14-1-6-20(31)19(11-14)21(28)24-12-18-13-26(22(29)30-18)16-4-2-15(3-5-16)25-9-7-17(27)8-10-25/h1-5,11,18H,6-10,12-13H2,(H,24,28). The smallest absolute Gasteiger partial charge is 0.414 e. The lowest BCUT2D eigenvalue weighted by Crippen LogP contribution is -2.36. The summed E-state index contributed by atoms with van der Waals surface area (Å²) in [5.74, 6) is -0.0258. The molecule has 2 saturated heterocycles. The molecule has 1 N–H and O–H groups in total. The second-order valence-corrected chi connectivity index (χ2v) is 8.57. The Morgan fingerprint density at radius 2 is 1.84 bits per heavy atom. The van der Waals surface area contributed by atoms with E-state index in [1.807, 2.05) is 24.3 Å². The fraction of sp³-hybridized carbons (Fsp3) is 0.364. The molecule has 0 bridgehead atoms. The zero-order valence-corrected chi connectivity index (χ0v) is 18.4. The maximum absolute atomic E-state index is 12.4. The van der Waals surface area contributed by atoms with E-state index >= 15 is 0 Å². The Bertz CT molecular complexity index is 979. The van der Waals surface area contributed by atoms with Crippen LogP contribution in [0, 0.1) is 0 Å². The summed E-state index contributed by atoms with van der Waals surface area (Å²) in [4.78, 5) is 40.4. The maximum Gasteiger partial charge on any atom is 0.414 e. The van der Waals surface area contributed by atoms with Crippen molar-refractivity contribution < 1.29 is 19.1 Å². The number of allylic oxidation sites excluding steroid dienone is 3. The van der Waals surface area contributed by atoms with Gasteiger partial charge in [-0.25, -0.2) is 4.79 Å². The number of carbonyl (C=O) groups is 3. The first-order valence-electron chi connectivity index (χ1n) is 10.1. The Labute approximate surface area is 190 Å². The molecule has 2 heterocycles. The van der Waals surface area contributed by atoms with Crippen molar-refractivity contribution in [1.82, 2.24) is 5.32 Å². The lowest BCUT2D eigenvalue weighted by molar-refractivity contribution is -0.119. The van der Waals surface area contributed by atoms with Crippen LogP contribution in [0.1, 0.15) is 19.3 Å². The van der Waals surface area contributed by atoms with Gasteiger partial charge in [-0.15, -0.1) is 0 Å². The van der Waals surface area contributed by atoms with Crippen LogP contribution in [0.5, 0.6) is 0 Å². The number of anilines is 2. The summed E-state index contributed by atoms with van der Waals surface area (Å²) in [7, 11) is 0. The van der Waals surface area contributed by atoms with Crippen molar-refractivity contribution >= 4 is 57.8 Å². The number of benzene rings is 1. The van der Waals surface area contributed by atoms with Crippen LogP contribution in [0.2, 0.25) is 0 Å². The van der Waals surface area contributed by atoms with Gasteiger partial charge in [0.05, 0.1) is 18.7 Å². The third kappa shape index (κ3) is 4.97. The molecule has 1 atom stereocenters. The highest BCUT2D eigenvalue weighted by molar-refractivity contribution is 7.81. The molecule has 9 heteroatoms. The Morgan fingerprint density at radius 3 is 2.55 bits per heavy atom. The van der Waals surface area contributed by atoms with Gasteiger partial charge in [-0.1, -0.05) is 29.9 Å². The second-order valence-electron chi connectivity index (χ2n) is 7.64. The SMILES string of the molecule is O=C1CCN(c2ccc(N3CC(CNC(=O)C4=CC(Cl)=CCC4=S)OC3=O)cc2)CC1. The number of piperidine rings is 1. The number of Topliss-reactive ketones (excluding diaryl/α,β-unsaturated/α-hetero) is 1. The van der Waals surface area contributed by atoms with E-state index in [-0.39, 0.29) is 12.5 Å². The van der Waals surface area contributed by atoms with Gasteiger partial charge in [0.1, 0.15) is 11.9 Å². The molecule has 162 valence electrons. The molecule has 0 radical (unpaired) electrons. The molecule has 1 aliphatic carbocycles. The summed E-state index contributed by atoms with van der Waals surface area (Å²) in [5.41, 5.74) is 2.12. The summed E-state index contributed by atoms with van der Waals surface area (Å²) < 4.78 is 5.41. The van der Waals surface area contributed by atoms with Crippen LogP contribution in [0.15, 0.2) is 47.0 Å². The number of nitrogens with zero attached hydrogens (tertiary/aromatic N) is 2. The van der Waals surface area contributed by atoms with E-state index in [1.54, 1.807) is 17.1 Å². The van der Waals surface area contributed by atoms with Gasteiger partial charge in [-0.3, -0.25) is 14.5 Å². The molecular formula is C22H22ClN3O4S. The van der Waals surface area contributed by atoms with Crippen LogP contribution >= 0.6 is 23.8 Å². The first-order valence-corrected chi connectivity index (χ1v) is 10.9. The number of hydrogen-bond donors (Lipinski definition) is 1. The molecule has 1 aromatic carbocycles. The van der Waals surface area contributed by atoms with Crippen molar-refractivity contribution in [3.8, 4) is 0 Å². The molecule has 7 nitrogen and oxygen atoms in total. The molecule has 0 aromatic heterocycles. The van der Waals surface area contributed by atoms with Crippen LogP contribution in [-0.2, 0) is 14.3 Å². The molecule has 2 fully saturated rings. The Kier molecular flexibility index (Phi) is 6.38. The second kappa shape index (κ2) is 9.20. The van der Waals surface area contributed by atoms with Gasteiger partial charge in [-0.2, -0.15) is 0 Å². The third-order valence-electron chi connectivity index (χ3n) is 5.52. The molecule has 2 aliphatic heterocycles. The minimum Gasteiger partial charge on any atom is -0.442 e. The van der Waals surface area contributed by atoms with Gasteiger partial charge in [-0.05, 0) is 30.3 Å². The highest BCUT2D eigenvalue weighted by atomic mass is 35.5. The largest absolute Gasteiger partial charge is 0.442 e. The number of halogens is 1. The van der Waals surface area contributed by atoms with Crippen molar-refractivity contribution in [2.45, 2.75) is 25.4 Å². The van der Waals surface area contributed by atoms with E-state index in [2.05, 4.69) is 10.2 Å². The summed E-state index contributed by atoms with van der Waals surface area (Å²) in [6.45, 7) is 1.95. The lowest BCUT2D eigenvalue weighted by Gasteiger charge is -2.28. The first-order chi connectivity index (χ1) is 14.9. The number of amides is 2. The number of cyclic esters (lactones) is 1. The third-order valence-corrected chi connectivity index (χ3v) is 6.17. The molecule has 3 aliphatic rings. The topological polar surface area (TPSA) is 79.0 Å². The van der Waals surface area contributed by atoms with E-state index in [0.717, 1.165) is 11.4 Å². The predicted octanol–water partition coefficient (Wildman–Crippen LogP) is 3.12. The number of ketones is 1. The number of rotatable bonds is 5. The highest BCUT2D eigenvalue weighted by Gasteiger charge is 2.33. The molecule has 4 rings (SSSR count). The van der Waals surface area contributed by atoms with Gasteiger partial charge in [0.2, 0.25) is 0 Å². The monoisotopic (exact) mass is 459 g/mol. The highest BCUT2D eigenvalue weighted by Crippen LogP contribution is 2.26. The molecule has 1 unspecified atom stereocenters. The molecule has 0 saturated carbocycles. The molecule has 0 spiro atoms. The van der Waals surface area contributed by atoms with E-state index in [1.165, 1.54) is 0 Å². The average Bonchev–Trinajstić information content (AvgIpc) is 3.15. The fourth-order valence-electron chi connectivity index (χ4n) is 3.77. The summed E-state index contributed by atoms with van der Waals surface area (Å²) >= 11 is 11.2. The van der Waals surface area contributed by atoms with Gasteiger partial charge in [0.25, 0.3) is 5.91 Å². The molecular weight excluding hydrogens is 438 g/mol. The minimum atomic E-state index is -0.465. The number of nitrogens with one attached hydrogen (secondary N) is 1. The van der Waals surface area contributed by atoms with Gasteiger partial charge in [0, 0.05) is 53.6 Å². The van der Waals surface area contributed by atoms with Crippen molar-refractivity contribution in [3.05, 3.63) is 47.0 Å². The molecule has 2 amide bonds. The average molecular weight is 460 g/mol. The Balaban J connectivity index is 1.33. The van der Waals surface area contributed by atoms with Crippen LogP contribution < -0.4 is 15.1 Å². The summed E-state index contributed by atoms with van der Waals surface area (Å²) in [6.07, 6.45) is 3.99. The zero-order chi connectivity index (χ0) is 22.0. The zero-order valence-electron chi connectivity index (χ0n) is 16.8. The van der Waals surface area contributed by atoms with Crippen LogP contribution in [0.25, 0.3) is 0 Å². The van der Waals surface area contributed by atoms with Crippen LogP contribution in [0.4, 0.5) is 16.2 Å². The van der Waals surface area contributed by atoms with E-state index < -0.39 is 12.2 Å². The summed E-state index contributed by atoms with van der Waals surface area (Å²) in [6, 6.07) is 7.63. The number of ether oxygens (including phenoxy) is 1. The number of hydrogen-bond acceptors (Lipinski definition) is 6. The molecule has 1 aromatic rings. The minimum absolute atomic E-state index is 0.183. The van der Waals surface area contributed by atoms with Crippen molar-refractivity contribution in [2.24, 2.45) is 0 Å². The number of carbonyl (C=O) groups excluding carboxylic acids is 3. The Hall–Kier alpha value is -2.71. The fourth-order valence-corrected chi connectivity index (χ4v) is 4.19. The van der Waals surface area contributed by atoms with E-state index in [4.69, 9.17) is 28.6 Å². The van der Waals surface area contributed by atoms with Crippen LogP contribution in [-0.4, -0.2) is 54.9 Å². The number of thiocarbonyl (C=S) groups is 1. The maximum atomic E-state index is 12.4. The summed E-state index contributed by atoms with van der Waals surface area (Å²) in [5, 5.41) is 3.26.